The molecule has 0 aromatic carbocycles. The van der Waals surface area contributed by atoms with Crippen LogP contribution in [0, 0.1) is 0 Å². The van der Waals surface area contributed by atoms with E-state index in [0.29, 0.717) is 19.3 Å². The van der Waals surface area contributed by atoms with Gasteiger partial charge in [0.1, 0.15) is 13.2 Å². The van der Waals surface area contributed by atoms with E-state index in [1.54, 1.807) is 0 Å². The Bertz CT molecular complexity index is 1590. The largest absolute Gasteiger partial charge is 0.462 e. The zero-order valence-electron chi connectivity index (χ0n) is 54.2. The summed E-state index contributed by atoms with van der Waals surface area (Å²) in [6.07, 6.45) is 94.3. The van der Waals surface area contributed by atoms with Crippen LogP contribution in [-0.2, 0) is 28.6 Å². The van der Waals surface area contributed by atoms with Crippen LogP contribution in [0.2, 0.25) is 0 Å². The van der Waals surface area contributed by atoms with Crippen LogP contribution >= 0.6 is 0 Å². The van der Waals surface area contributed by atoms with Crippen molar-refractivity contribution in [1.29, 1.82) is 0 Å². The molecule has 0 aromatic heterocycles. The Morgan fingerprint density at radius 2 is 0.476 bits per heavy atom. The standard InChI is InChI=1S/C76H132O6/c1-4-7-10-13-16-19-22-25-28-30-32-34-36-37-38-39-41-42-44-46-48-51-54-57-60-63-66-69-75(78)81-72-73(71-80-74(77)68-65-62-59-56-53-50-27-24-21-18-15-12-9-6-3)82-76(79)70-67-64-61-58-55-52-49-47-45-43-40-35-33-31-29-26-23-20-17-14-11-8-5-2/h7,10,16,19,24-25,27-28,32,34,37-38,41-42,46,48,73H,4-6,8-9,11-15,17-18,20-23,26,29-31,33,35-36,39-40,43-45,47,49-72H2,1-3H3/b10-7-,19-16-,27-24-,28-25-,34-32-,38-37-,42-41-,48-46-. The first-order valence-corrected chi connectivity index (χ1v) is 35.2. The van der Waals surface area contributed by atoms with Crippen molar-refractivity contribution in [3.05, 3.63) is 97.2 Å². The fourth-order valence-electron chi connectivity index (χ4n) is 10.1. The molecule has 0 spiro atoms. The number of carbonyl (C=O) groups excluding carboxylic acids is 3. The second kappa shape index (κ2) is 69.8. The normalized spacial score (nSPS) is 12.7. The summed E-state index contributed by atoms with van der Waals surface area (Å²) in [6.45, 7) is 6.54. The number of carbonyl (C=O) groups is 3. The van der Waals surface area contributed by atoms with Gasteiger partial charge in [0.2, 0.25) is 0 Å². The molecule has 82 heavy (non-hydrogen) atoms. The Morgan fingerprint density at radius 3 is 0.756 bits per heavy atom. The summed E-state index contributed by atoms with van der Waals surface area (Å²) in [6, 6.07) is 0. The summed E-state index contributed by atoms with van der Waals surface area (Å²) in [5, 5.41) is 0. The molecule has 0 aliphatic carbocycles. The fraction of sp³-hybridized carbons (Fsp3) is 0.750. The predicted octanol–water partition coefficient (Wildman–Crippen LogP) is 24.4. The van der Waals surface area contributed by atoms with Gasteiger partial charge in [0, 0.05) is 19.3 Å². The third kappa shape index (κ3) is 67.1. The molecule has 0 aliphatic rings. The second-order valence-corrected chi connectivity index (χ2v) is 23.4. The van der Waals surface area contributed by atoms with E-state index in [0.717, 1.165) is 128 Å². The summed E-state index contributed by atoms with van der Waals surface area (Å²) < 4.78 is 17.0. The van der Waals surface area contributed by atoms with Gasteiger partial charge in [-0.05, 0) is 103 Å². The topological polar surface area (TPSA) is 78.9 Å². The molecule has 0 fully saturated rings. The Morgan fingerprint density at radius 1 is 0.256 bits per heavy atom. The summed E-state index contributed by atoms with van der Waals surface area (Å²) in [5.74, 6) is -0.896. The van der Waals surface area contributed by atoms with Gasteiger partial charge in [-0.25, -0.2) is 0 Å². The maximum Gasteiger partial charge on any atom is 0.306 e. The molecule has 6 nitrogen and oxygen atoms in total. The van der Waals surface area contributed by atoms with Crippen molar-refractivity contribution in [2.75, 3.05) is 13.2 Å². The minimum Gasteiger partial charge on any atom is -0.462 e. The van der Waals surface area contributed by atoms with Crippen LogP contribution in [0.1, 0.15) is 348 Å². The van der Waals surface area contributed by atoms with Gasteiger partial charge < -0.3 is 14.2 Å². The van der Waals surface area contributed by atoms with Gasteiger partial charge in [0.15, 0.2) is 6.10 Å². The molecule has 472 valence electrons. The summed E-state index contributed by atoms with van der Waals surface area (Å²) >= 11 is 0. The summed E-state index contributed by atoms with van der Waals surface area (Å²) in [4.78, 5) is 38.4. The highest BCUT2D eigenvalue weighted by Crippen LogP contribution is 2.17. The van der Waals surface area contributed by atoms with Crippen molar-refractivity contribution < 1.29 is 28.6 Å². The number of ether oxygens (including phenoxy) is 3. The fourth-order valence-corrected chi connectivity index (χ4v) is 10.1. The van der Waals surface area contributed by atoms with Crippen molar-refractivity contribution >= 4 is 17.9 Å². The quantitative estimate of drug-likeness (QED) is 0.0261. The summed E-state index contributed by atoms with van der Waals surface area (Å²) in [5.41, 5.74) is 0. The van der Waals surface area contributed by atoms with Crippen molar-refractivity contribution in [3.8, 4) is 0 Å². The molecule has 0 aromatic rings. The molecule has 0 amide bonds. The van der Waals surface area contributed by atoms with Gasteiger partial charge in [-0.2, -0.15) is 0 Å². The molecule has 0 heterocycles. The van der Waals surface area contributed by atoms with Crippen LogP contribution in [-0.4, -0.2) is 37.2 Å². The van der Waals surface area contributed by atoms with E-state index < -0.39 is 6.10 Å². The van der Waals surface area contributed by atoms with E-state index in [2.05, 4.69) is 118 Å². The van der Waals surface area contributed by atoms with Crippen molar-refractivity contribution in [2.24, 2.45) is 0 Å². The average molecular weight is 1140 g/mol. The monoisotopic (exact) mass is 1140 g/mol. The van der Waals surface area contributed by atoms with E-state index in [4.69, 9.17) is 14.2 Å². The van der Waals surface area contributed by atoms with Crippen molar-refractivity contribution in [2.45, 2.75) is 354 Å². The molecule has 0 N–H and O–H groups in total. The minimum absolute atomic E-state index is 0.0853. The lowest BCUT2D eigenvalue weighted by Crippen LogP contribution is -2.30. The lowest BCUT2D eigenvalue weighted by molar-refractivity contribution is -0.167. The number of unbranched alkanes of at least 4 members (excludes halogenated alkanes) is 37. The van der Waals surface area contributed by atoms with Crippen molar-refractivity contribution in [1.82, 2.24) is 0 Å². The first kappa shape index (κ1) is 78.3. The lowest BCUT2D eigenvalue weighted by Gasteiger charge is -2.18. The maximum absolute atomic E-state index is 13.0. The van der Waals surface area contributed by atoms with Crippen LogP contribution in [0.15, 0.2) is 97.2 Å². The van der Waals surface area contributed by atoms with E-state index in [1.165, 1.54) is 180 Å². The SMILES string of the molecule is CC/C=C\C/C=C\C/C=C\C/C=C\C/C=C\C/C=C\C/C=C\CCCCCCCC(=O)OCC(COC(=O)CCCCCCC/C=C\CCCCCCC)OC(=O)CCCCCCCCCCCCCCCCCCCCCCCCC. The van der Waals surface area contributed by atoms with Crippen LogP contribution in [0.3, 0.4) is 0 Å². The average Bonchev–Trinajstić information content (AvgIpc) is 3.48. The van der Waals surface area contributed by atoms with Gasteiger partial charge in [0.05, 0.1) is 0 Å². The predicted molar refractivity (Wildman–Crippen MR) is 357 cm³/mol. The number of rotatable bonds is 64. The van der Waals surface area contributed by atoms with Crippen LogP contribution < -0.4 is 0 Å². The van der Waals surface area contributed by atoms with Gasteiger partial charge in [-0.1, -0.05) is 323 Å². The molecule has 0 aliphatic heterocycles. The molecule has 0 radical (unpaired) electrons. The maximum atomic E-state index is 13.0. The second-order valence-electron chi connectivity index (χ2n) is 23.4. The molecule has 1 atom stereocenters. The highest BCUT2D eigenvalue weighted by molar-refractivity contribution is 5.71. The zero-order chi connectivity index (χ0) is 59.2. The minimum atomic E-state index is -0.790. The van der Waals surface area contributed by atoms with Crippen LogP contribution in [0.25, 0.3) is 0 Å². The molecular weight excluding hydrogens is 1010 g/mol. The highest BCUT2D eigenvalue weighted by Gasteiger charge is 2.19. The molecule has 0 bridgehead atoms. The molecule has 0 rings (SSSR count). The van der Waals surface area contributed by atoms with Gasteiger partial charge in [-0.3, -0.25) is 14.4 Å². The molecular formula is C76H132O6. The lowest BCUT2D eigenvalue weighted by atomic mass is 10.0. The molecule has 0 saturated heterocycles. The zero-order valence-corrected chi connectivity index (χ0v) is 54.2. The van der Waals surface area contributed by atoms with E-state index in [-0.39, 0.29) is 31.1 Å². The van der Waals surface area contributed by atoms with Crippen LogP contribution in [0.4, 0.5) is 0 Å². The smallest absolute Gasteiger partial charge is 0.306 e. The van der Waals surface area contributed by atoms with Crippen molar-refractivity contribution in [3.63, 3.8) is 0 Å². The Kier molecular flexibility index (Phi) is 66.7. The van der Waals surface area contributed by atoms with Crippen LogP contribution in [0.5, 0.6) is 0 Å². The van der Waals surface area contributed by atoms with E-state index in [1.807, 2.05) is 0 Å². The first-order chi connectivity index (χ1) is 40.5. The molecule has 1 unspecified atom stereocenters. The number of hydrogen-bond acceptors (Lipinski definition) is 6. The van der Waals surface area contributed by atoms with E-state index >= 15 is 0 Å². The molecule has 6 heteroatoms. The van der Waals surface area contributed by atoms with Gasteiger partial charge >= 0.3 is 17.9 Å². The van der Waals surface area contributed by atoms with E-state index in [9.17, 15) is 14.4 Å². The first-order valence-electron chi connectivity index (χ1n) is 35.2. The Labute approximate surface area is 508 Å². The number of allylic oxidation sites excluding steroid dienone is 16. The summed E-state index contributed by atoms with van der Waals surface area (Å²) in [7, 11) is 0. The number of hydrogen-bond donors (Lipinski definition) is 0. The molecule has 0 saturated carbocycles. The highest BCUT2D eigenvalue weighted by atomic mass is 16.6. The third-order valence-corrected chi connectivity index (χ3v) is 15.3. The number of esters is 3. The Hall–Kier alpha value is -3.67. The van der Waals surface area contributed by atoms with Gasteiger partial charge in [-0.15, -0.1) is 0 Å². The third-order valence-electron chi connectivity index (χ3n) is 15.3. The van der Waals surface area contributed by atoms with Gasteiger partial charge in [0.25, 0.3) is 0 Å². The Balaban J connectivity index is 4.35.